The number of hydrogen-bond acceptors (Lipinski definition) is 5. The monoisotopic (exact) mass is 248 g/mol. The molecule has 0 aromatic carbocycles. The molecule has 0 unspecified atom stereocenters. The van der Waals surface area contributed by atoms with Gasteiger partial charge < -0.3 is 4.74 Å². The second-order valence-corrected chi connectivity index (χ2v) is 4.12. The van der Waals surface area contributed by atoms with Crippen LogP contribution in [0.5, 0.6) is 0 Å². The average molecular weight is 248 g/mol. The minimum Gasteiger partial charge on any atom is -0.461 e. The number of carbonyl (C=O) groups is 1. The second-order valence-electron chi connectivity index (χ2n) is 4.12. The zero-order valence-corrected chi connectivity index (χ0v) is 10.8. The lowest BCUT2D eigenvalue weighted by atomic mass is 10.2. The standard InChI is InChI=1S/C12H16N4O2/c1-4-5-6-18-12(17)10-9-8(2)15-16(3)11(9)14-7-13-10/h7H,4-6H2,1-3H3. The largest absolute Gasteiger partial charge is 0.461 e. The third-order valence-electron chi connectivity index (χ3n) is 2.72. The van der Waals surface area contributed by atoms with E-state index in [1.165, 1.54) is 6.33 Å². The molecule has 2 rings (SSSR count). The molecule has 6 nitrogen and oxygen atoms in total. The van der Waals surface area contributed by atoms with Gasteiger partial charge in [0, 0.05) is 7.05 Å². The van der Waals surface area contributed by atoms with Crippen molar-refractivity contribution in [2.75, 3.05) is 6.61 Å². The van der Waals surface area contributed by atoms with Gasteiger partial charge in [0.2, 0.25) is 0 Å². The highest BCUT2D eigenvalue weighted by atomic mass is 16.5. The molecule has 0 spiro atoms. The smallest absolute Gasteiger partial charge is 0.357 e. The molecule has 0 fully saturated rings. The van der Waals surface area contributed by atoms with E-state index in [0.29, 0.717) is 23.3 Å². The number of aromatic nitrogens is 4. The Kier molecular flexibility index (Phi) is 3.55. The van der Waals surface area contributed by atoms with Crippen LogP contribution in [0.2, 0.25) is 0 Å². The van der Waals surface area contributed by atoms with Crippen molar-refractivity contribution in [3.05, 3.63) is 17.7 Å². The molecule has 0 saturated carbocycles. The van der Waals surface area contributed by atoms with Crippen molar-refractivity contribution in [2.45, 2.75) is 26.7 Å². The molecule has 0 aliphatic rings. The number of esters is 1. The summed E-state index contributed by atoms with van der Waals surface area (Å²) < 4.78 is 6.81. The zero-order chi connectivity index (χ0) is 13.1. The predicted octanol–water partition coefficient (Wildman–Crippen LogP) is 1.63. The van der Waals surface area contributed by atoms with Crippen LogP contribution in [0.4, 0.5) is 0 Å². The van der Waals surface area contributed by atoms with E-state index in [2.05, 4.69) is 15.1 Å². The third-order valence-corrected chi connectivity index (χ3v) is 2.72. The molecule has 0 amide bonds. The summed E-state index contributed by atoms with van der Waals surface area (Å²) >= 11 is 0. The Hall–Kier alpha value is -1.98. The molecule has 0 bridgehead atoms. The number of unbranched alkanes of at least 4 members (excludes halogenated alkanes) is 1. The molecule has 0 aliphatic carbocycles. The topological polar surface area (TPSA) is 69.9 Å². The molecule has 0 aliphatic heterocycles. The minimum atomic E-state index is -0.410. The summed E-state index contributed by atoms with van der Waals surface area (Å²) in [6.07, 6.45) is 3.20. The predicted molar refractivity (Wildman–Crippen MR) is 66.2 cm³/mol. The number of nitrogens with zero attached hydrogens (tertiary/aromatic N) is 4. The lowest BCUT2D eigenvalue weighted by Gasteiger charge is -2.04. The number of ether oxygens (including phenoxy) is 1. The molecule has 96 valence electrons. The summed E-state index contributed by atoms with van der Waals surface area (Å²) in [5, 5.41) is 4.90. The summed E-state index contributed by atoms with van der Waals surface area (Å²) in [6, 6.07) is 0. The first-order valence-corrected chi connectivity index (χ1v) is 5.96. The van der Waals surface area contributed by atoms with Crippen LogP contribution in [0.25, 0.3) is 11.0 Å². The van der Waals surface area contributed by atoms with Gasteiger partial charge in [-0.1, -0.05) is 13.3 Å². The maximum Gasteiger partial charge on any atom is 0.357 e. The number of carbonyl (C=O) groups excluding carboxylic acids is 1. The van der Waals surface area contributed by atoms with Crippen molar-refractivity contribution in [1.29, 1.82) is 0 Å². The van der Waals surface area contributed by atoms with Crippen LogP contribution in [0.3, 0.4) is 0 Å². The van der Waals surface area contributed by atoms with Gasteiger partial charge >= 0.3 is 5.97 Å². The molecular formula is C12H16N4O2. The molecule has 0 atom stereocenters. The van der Waals surface area contributed by atoms with Gasteiger partial charge in [0.1, 0.15) is 6.33 Å². The van der Waals surface area contributed by atoms with Crippen LogP contribution in [0.15, 0.2) is 6.33 Å². The Labute approximate surface area is 105 Å². The van der Waals surface area contributed by atoms with Gasteiger partial charge in [-0.25, -0.2) is 14.8 Å². The highest BCUT2D eigenvalue weighted by molar-refractivity contribution is 6.01. The molecule has 2 heterocycles. The van der Waals surface area contributed by atoms with Gasteiger partial charge in [-0.2, -0.15) is 5.10 Å². The maximum absolute atomic E-state index is 11.9. The van der Waals surface area contributed by atoms with Gasteiger partial charge in [0.05, 0.1) is 17.7 Å². The Morgan fingerprint density at radius 3 is 2.94 bits per heavy atom. The SMILES string of the molecule is CCCCOC(=O)c1ncnc2c1c(C)nn2C. The summed E-state index contributed by atoms with van der Waals surface area (Å²) in [5.41, 5.74) is 1.67. The fraction of sp³-hybridized carbons (Fsp3) is 0.500. The highest BCUT2D eigenvalue weighted by Gasteiger charge is 2.18. The van der Waals surface area contributed by atoms with Crippen LogP contribution in [0.1, 0.15) is 35.9 Å². The molecule has 0 saturated heterocycles. The van der Waals surface area contributed by atoms with Gasteiger partial charge in [-0.15, -0.1) is 0 Å². The number of rotatable bonds is 4. The van der Waals surface area contributed by atoms with Crippen molar-refractivity contribution in [1.82, 2.24) is 19.7 Å². The van der Waals surface area contributed by atoms with E-state index in [9.17, 15) is 4.79 Å². The first kappa shape index (κ1) is 12.5. The van der Waals surface area contributed by atoms with Gasteiger partial charge in [0.15, 0.2) is 11.3 Å². The summed E-state index contributed by atoms with van der Waals surface area (Å²) in [6.45, 7) is 4.29. The minimum absolute atomic E-state index is 0.293. The zero-order valence-electron chi connectivity index (χ0n) is 10.8. The molecule has 0 N–H and O–H groups in total. The Morgan fingerprint density at radius 1 is 1.44 bits per heavy atom. The van der Waals surface area contributed by atoms with Crippen LogP contribution >= 0.6 is 0 Å². The van der Waals surface area contributed by atoms with E-state index >= 15 is 0 Å². The Bertz CT molecular complexity index is 577. The van der Waals surface area contributed by atoms with E-state index in [1.54, 1.807) is 11.7 Å². The number of fused-ring (bicyclic) bond motifs is 1. The summed E-state index contributed by atoms with van der Waals surface area (Å²) in [5.74, 6) is -0.410. The first-order valence-electron chi connectivity index (χ1n) is 5.96. The quantitative estimate of drug-likeness (QED) is 0.607. The first-order chi connectivity index (χ1) is 8.65. The van der Waals surface area contributed by atoms with Gasteiger partial charge in [-0.3, -0.25) is 4.68 Å². The van der Waals surface area contributed by atoms with Crippen molar-refractivity contribution in [2.24, 2.45) is 7.05 Å². The van der Waals surface area contributed by atoms with Crippen molar-refractivity contribution < 1.29 is 9.53 Å². The van der Waals surface area contributed by atoms with Crippen LogP contribution in [0, 0.1) is 6.92 Å². The summed E-state index contributed by atoms with van der Waals surface area (Å²) in [4.78, 5) is 20.1. The van der Waals surface area contributed by atoms with Crippen molar-refractivity contribution in [3.8, 4) is 0 Å². The Balaban J connectivity index is 2.36. The lowest BCUT2D eigenvalue weighted by molar-refractivity contribution is 0.0495. The third kappa shape index (κ3) is 2.18. The summed E-state index contributed by atoms with van der Waals surface area (Å²) in [7, 11) is 1.79. The second kappa shape index (κ2) is 5.12. The molecule has 0 radical (unpaired) electrons. The van der Waals surface area contributed by atoms with E-state index in [-0.39, 0.29) is 0 Å². The molecule has 2 aromatic heterocycles. The van der Waals surface area contributed by atoms with Crippen LogP contribution in [-0.2, 0) is 11.8 Å². The number of hydrogen-bond donors (Lipinski definition) is 0. The van der Waals surface area contributed by atoms with Gasteiger partial charge in [-0.05, 0) is 13.3 Å². The van der Waals surface area contributed by atoms with E-state index in [4.69, 9.17) is 4.74 Å². The fourth-order valence-corrected chi connectivity index (χ4v) is 1.81. The van der Waals surface area contributed by atoms with Crippen molar-refractivity contribution >= 4 is 17.0 Å². The average Bonchev–Trinajstić information content (AvgIpc) is 2.65. The lowest BCUT2D eigenvalue weighted by Crippen LogP contribution is -2.09. The Morgan fingerprint density at radius 2 is 2.22 bits per heavy atom. The van der Waals surface area contributed by atoms with Gasteiger partial charge in [0.25, 0.3) is 0 Å². The van der Waals surface area contributed by atoms with Crippen molar-refractivity contribution in [3.63, 3.8) is 0 Å². The molecule has 18 heavy (non-hydrogen) atoms. The molecule has 6 heteroatoms. The van der Waals surface area contributed by atoms with Crippen LogP contribution < -0.4 is 0 Å². The highest BCUT2D eigenvalue weighted by Crippen LogP contribution is 2.18. The normalized spacial score (nSPS) is 10.8. The van der Waals surface area contributed by atoms with E-state index < -0.39 is 5.97 Å². The molecule has 2 aromatic rings. The van der Waals surface area contributed by atoms with E-state index in [1.807, 2.05) is 13.8 Å². The fourth-order valence-electron chi connectivity index (χ4n) is 1.81. The molecular weight excluding hydrogens is 232 g/mol. The van der Waals surface area contributed by atoms with E-state index in [0.717, 1.165) is 18.5 Å². The number of aryl methyl sites for hydroxylation is 2. The maximum atomic E-state index is 11.9. The van der Waals surface area contributed by atoms with Crippen LogP contribution in [-0.4, -0.2) is 32.3 Å².